The average molecular weight is 418 g/mol. The van der Waals surface area contributed by atoms with Crippen LogP contribution in [0.2, 0.25) is 0 Å². The molecule has 0 bridgehead atoms. The van der Waals surface area contributed by atoms with Crippen LogP contribution >= 0.6 is 0 Å². The molecule has 0 amide bonds. The maximum absolute atomic E-state index is 10.5. The maximum Gasteiger partial charge on any atom is 0.0959 e. The van der Waals surface area contributed by atoms with E-state index in [9.17, 15) is 5.26 Å². The van der Waals surface area contributed by atoms with Gasteiger partial charge in [-0.1, -0.05) is 65.5 Å². The van der Waals surface area contributed by atoms with Crippen molar-refractivity contribution < 1.29 is 15.2 Å². The van der Waals surface area contributed by atoms with Gasteiger partial charge in [0.05, 0.1) is 6.10 Å². The molecule has 3 heteroatoms. The Kier molecular flexibility index (Phi) is 6.74. The monoisotopic (exact) mass is 417 g/mol. The predicted molar refractivity (Wildman–Crippen MR) is 119 cm³/mol. The van der Waals surface area contributed by atoms with Crippen LogP contribution in [0.1, 0.15) is 105 Å². The predicted octanol–water partition coefficient (Wildman–Crippen LogP) is 6.62. The summed E-state index contributed by atoms with van der Waals surface area (Å²) in [5, 5.41) is 14.2. The first-order valence-electron chi connectivity index (χ1n) is 12.9. The van der Waals surface area contributed by atoms with Crippen LogP contribution in [-0.2, 0) is 9.93 Å². The van der Waals surface area contributed by atoms with Gasteiger partial charge in [0.25, 0.3) is 0 Å². The molecule has 4 rings (SSSR count). The fourth-order valence-corrected chi connectivity index (χ4v) is 8.79. The second-order valence-electron chi connectivity index (χ2n) is 12.3. The summed E-state index contributed by atoms with van der Waals surface area (Å²) in [5.41, 5.74) is 2.42. The second kappa shape index (κ2) is 8.87. The molecule has 0 aliphatic heterocycles. The van der Waals surface area contributed by atoms with Gasteiger partial charge in [-0.15, -0.1) is 0 Å². The normalized spacial score (nSPS) is 44.2. The highest BCUT2D eigenvalue weighted by molar-refractivity contribution is 5.25. The third-order valence-electron chi connectivity index (χ3n) is 10.4. The van der Waals surface area contributed by atoms with E-state index in [4.69, 9.17) is 4.89 Å². The molecule has 3 nitrogen and oxygen atoms in total. The highest BCUT2D eigenvalue weighted by atomic mass is 17.5. The van der Waals surface area contributed by atoms with E-state index in [2.05, 4.69) is 45.7 Å². The molecule has 3 fully saturated rings. The number of hydrogen-bond acceptors (Lipinski definition) is 3. The van der Waals surface area contributed by atoms with E-state index in [1.807, 2.05) is 0 Å². The Bertz CT molecular complexity index is 628. The minimum Gasteiger partial charge on any atom is -0.692 e. The molecular formula is C27H45O3-. The first-order valence-corrected chi connectivity index (χ1v) is 12.9. The molecule has 0 saturated heterocycles. The number of fused-ring (bicyclic) bond motifs is 5. The van der Waals surface area contributed by atoms with Gasteiger partial charge < -0.3 is 5.26 Å². The summed E-state index contributed by atoms with van der Waals surface area (Å²) >= 11 is 0. The third kappa shape index (κ3) is 3.92. The molecular weight excluding hydrogens is 372 g/mol. The Labute approximate surface area is 184 Å². The van der Waals surface area contributed by atoms with E-state index < -0.39 is 0 Å². The Morgan fingerprint density at radius 2 is 1.83 bits per heavy atom. The molecule has 8 unspecified atom stereocenters. The molecule has 0 aromatic carbocycles. The highest BCUT2D eigenvalue weighted by Crippen LogP contribution is 2.67. The molecule has 3 saturated carbocycles. The van der Waals surface area contributed by atoms with Crippen LogP contribution in [0.5, 0.6) is 0 Å². The lowest BCUT2D eigenvalue weighted by Crippen LogP contribution is -2.51. The maximum atomic E-state index is 10.5. The van der Waals surface area contributed by atoms with Crippen molar-refractivity contribution >= 4 is 0 Å². The van der Waals surface area contributed by atoms with Crippen LogP contribution in [0.4, 0.5) is 0 Å². The van der Waals surface area contributed by atoms with Gasteiger partial charge >= 0.3 is 0 Å². The summed E-state index contributed by atoms with van der Waals surface area (Å²) in [6.45, 7) is 12.5. The Morgan fingerprint density at radius 3 is 2.57 bits per heavy atom. The zero-order chi connectivity index (χ0) is 21.5. The van der Waals surface area contributed by atoms with Crippen molar-refractivity contribution in [2.45, 2.75) is 111 Å². The fraction of sp³-hybridized carbons (Fsp3) is 0.926. The summed E-state index contributed by atoms with van der Waals surface area (Å²) < 4.78 is 0. The lowest BCUT2D eigenvalue weighted by molar-refractivity contribution is -0.805. The zero-order valence-electron chi connectivity index (χ0n) is 20.1. The van der Waals surface area contributed by atoms with Gasteiger partial charge in [0.15, 0.2) is 0 Å². The van der Waals surface area contributed by atoms with Gasteiger partial charge in [0.1, 0.15) is 0 Å². The van der Waals surface area contributed by atoms with Gasteiger partial charge in [-0.05, 0) is 97.7 Å². The van der Waals surface area contributed by atoms with Crippen molar-refractivity contribution in [3.05, 3.63) is 11.6 Å². The lowest BCUT2D eigenvalue weighted by Gasteiger charge is -2.58. The van der Waals surface area contributed by atoms with Gasteiger partial charge in [0.2, 0.25) is 0 Å². The first kappa shape index (κ1) is 22.8. The van der Waals surface area contributed by atoms with Crippen LogP contribution in [0, 0.1) is 46.3 Å². The van der Waals surface area contributed by atoms with Crippen molar-refractivity contribution in [1.29, 1.82) is 0 Å². The minimum atomic E-state index is -0.0465. The van der Waals surface area contributed by atoms with Gasteiger partial charge in [-0.2, -0.15) is 0 Å². The van der Waals surface area contributed by atoms with E-state index >= 15 is 0 Å². The standard InChI is InChI=1S/C27H46O3/c1-18(2)7-6-8-19(3)23-11-12-24-22-10-9-20-17-21(29-30-28)13-15-26(20,4)25(22)14-16-27(23,24)5/h9,18-19,21-25,28H,6-8,10-17H2,1-5H3/p-1. The molecule has 4 aliphatic carbocycles. The average Bonchev–Trinajstić information content (AvgIpc) is 3.05. The van der Waals surface area contributed by atoms with Crippen LogP contribution < -0.4 is 5.26 Å². The summed E-state index contributed by atoms with van der Waals surface area (Å²) in [5.74, 6) is 5.22. The first-order chi connectivity index (χ1) is 14.3. The fourth-order valence-electron chi connectivity index (χ4n) is 8.79. The third-order valence-corrected chi connectivity index (χ3v) is 10.4. The molecule has 0 aromatic heterocycles. The van der Waals surface area contributed by atoms with Crippen LogP contribution in [-0.4, -0.2) is 6.10 Å². The largest absolute Gasteiger partial charge is 0.692 e. The smallest absolute Gasteiger partial charge is 0.0959 e. The SMILES string of the molecule is CC(C)CCCC(C)C1CCC2C3CC=C4CC(OO[O-])CCC4(C)C3CCC12C. The van der Waals surface area contributed by atoms with E-state index in [0.717, 1.165) is 54.8 Å². The van der Waals surface area contributed by atoms with Crippen molar-refractivity contribution in [1.82, 2.24) is 0 Å². The number of allylic oxidation sites excluding steroid dienone is 1. The summed E-state index contributed by atoms with van der Waals surface area (Å²) in [4.78, 5) is 4.99. The van der Waals surface area contributed by atoms with E-state index in [1.54, 1.807) is 5.57 Å². The van der Waals surface area contributed by atoms with E-state index in [-0.39, 0.29) is 6.10 Å². The molecule has 30 heavy (non-hydrogen) atoms. The molecule has 4 aliphatic rings. The molecule has 0 radical (unpaired) electrons. The summed E-state index contributed by atoms with van der Waals surface area (Å²) in [6, 6.07) is 0. The van der Waals surface area contributed by atoms with Gasteiger partial charge in [-0.3, -0.25) is 5.04 Å². The quantitative estimate of drug-likeness (QED) is 0.265. The number of hydrogen-bond donors (Lipinski definition) is 0. The van der Waals surface area contributed by atoms with Crippen molar-refractivity contribution in [3.8, 4) is 0 Å². The lowest BCUT2D eigenvalue weighted by atomic mass is 9.47. The molecule has 0 spiro atoms. The van der Waals surface area contributed by atoms with Crippen LogP contribution in [0.25, 0.3) is 0 Å². The van der Waals surface area contributed by atoms with Crippen LogP contribution in [0.15, 0.2) is 11.6 Å². The molecule has 0 heterocycles. The second-order valence-corrected chi connectivity index (χ2v) is 12.3. The van der Waals surface area contributed by atoms with Gasteiger partial charge in [-0.25, -0.2) is 4.89 Å². The molecule has 172 valence electrons. The van der Waals surface area contributed by atoms with E-state index in [0.29, 0.717) is 10.8 Å². The Morgan fingerprint density at radius 1 is 1.03 bits per heavy atom. The van der Waals surface area contributed by atoms with Crippen molar-refractivity contribution in [2.24, 2.45) is 46.3 Å². The van der Waals surface area contributed by atoms with Gasteiger partial charge in [0, 0.05) is 0 Å². The minimum absolute atomic E-state index is 0.0465. The number of rotatable bonds is 7. The van der Waals surface area contributed by atoms with Crippen molar-refractivity contribution in [2.75, 3.05) is 0 Å². The van der Waals surface area contributed by atoms with E-state index in [1.165, 1.54) is 51.4 Å². The topological polar surface area (TPSA) is 41.5 Å². The highest BCUT2D eigenvalue weighted by Gasteiger charge is 2.59. The Balaban J connectivity index is 1.47. The molecule has 8 atom stereocenters. The van der Waals surface area contributed by atoms with Crippen molar-refractivity contribution in [3.63, 3.8) is 0 Å². The summed E-state index contributed by atoms with van der Waals surface area (Å²) in [7, 11) is 0. The van der Waals surface area contributed by atoms with Crippen LogP contribution in [0.3, 0.4) is 0 Å². The molecule has 0 aromatic rings. The summed E-state index contributed by atoms with van der Waals surface area (Å²) in [6.07, 6.45) is 16.7. The zero-order valence-corrected chi connectivity index (χ0v) is 20.1. The Hall–Kier alpha value is -0.380. The molecule has 0 N–H and O–H groups in total.